The highest BCUT2D eigenvalue weighted by Gasteiger charge is 2.33. The fourth-order valence-corrected chi connectivity index (χ4v) is 6.64. The molecule has 1 N–H and O–H groups in total. The van der Waals surface area contributed by atoms with Crippen molar-refractivity contribution < 1.29 is 13.5 Å². The number of imidazole rings is 1. The largest absolute Gasteiger partial charge is 0.380 e. The molecule has 0 radical (unpaired) electrons. The van der Waals surface area contributed by atoms with Gasteiger partial charge in [0.2, 0.25) is 10.0 Å². The van der Waals surface area contributed by atoms with Crippen molar-refractivity contribution in [2.24, 2.45) is 0 Å². The monoisotopic (exact) mass is 472 g/mol. The molecule has 0 amide bonds. The average molecular weight is 473 g/mol. The van der Waals surface area contributed by atoms with Crippen molar-refractivity contribution in [3.05, 3.63) is 59.3 Å². The Labute approximate surface area is 190 Å². The molecule has 0 bridgehead atoms. The van der Waals surface area contributed by atoms with Crippen LogP contribution in [0.2, 0.25) is 0 Å². The summed E-state index contributed by atoms with van der Waals surface area (Å²) >= 11 is 1.66. The van der Waals surface area contributed by atoms with Gasteiger partial charge in [0.15, 0.2) is 0 Å². The summed E-state index contributed by atoms with van der Waals surface area (Å²) in [4.78, 5) is 6.60. The number of hydrogen-bond donors (Lipinski definition) is 1. The van der Waals surface area contributed by atoms with Crippen LogP contribution in [0, 0.1) is 0 Å². The molecule has 9 nitrogen and oxygen atoms in total. The maximum Gasteiger partial charge on any atom is 0.243 e. The van der Waals surface area contributed by atoms with Crippen LogP contribution in [0.5, 0.6) is 0 Å². The Bertz CT molecular complexity index is 1350. The number of benzene rings is 1. The van der Waals surface area contributed by atoms with Gasteiger partial charge in [-0.1, -0.05) is 19.1 Å². The zero-order valence-electron chi connectivity index (χ0n) is 17.8. The van der Waals surface area contributed by atoms with E-state index in [1.807, 2.05) is 18.2 Å². The predicted molar refractivity (Wildman–Crippen MR) is 121 cm³/mol. The van der Waals surface area contributed by atoms with Gasteiger partial charge in [-0.3, -0.25) is 4.40 Å². The minimum Gasteiger partial charge on any atom is -0.380 e. The summed E-state index contributed by atoms with van der Waals surface area (Å²) in [7, 11) is -3.52. The first-order valence-electron chi connectivity index (χ1n) is 10.6. The minimum absolute atomic E-state index is 0.236. The molecule has 168 valence electrons. The fourth-order valence-electron chi connectivity index (χ4n) is 3.88. The van der Waals surface area contributed by atoms with Crippen LogP contribution in [-0.2, 0) is 10.0 Å². The van der Waals surface area contributed by atoms with E-state index in [2.05, 4.69) is 15.3 Å². The number of fused-ring (bicyclic) bond motifs is 1. The summed E-state index contributed by atoms with van der Waals surface area (Å²) in [5.74, 6) is 0.486. The van der Waals surface area contributed by atoms with Gasteiger partial charge in [-0.15, -0.1) is 16.4 Å². The first-order chi connectivity index (χ1) is 15.4. The fraction of sp³-hybridized carbons (Fsp3) is 0.381. The average Bonchev–Trinajstić information content (AvgIpc) is 3.19. The van der Waals surface area contributed by atoms with E-state index in [-0.39, 0.29) is 4.90 Å². The quantitative estimate of drug-likeness (QED) is 0.423. The Morgan fingerprint density at radius 2 is 1.94 bits per heavy atom. The van der Waals surface area contributed by atoms with Crippen molar-refractivity contribution in [1.82, 2.24) is 28.7 Å². The lowest BCUT2D eigenvalue weighted by Gasteiger charge is -2.18. The van der Waals surface area contributed by atoms with Gasteiger partial charge < -0.3 is 5.11 Å². The second-order valence-corrected chi connectivity index (χ2v) is 10.8. The van der Waals surface area contributed by atoms with Gasteiger partial charge in [-0.2, -0.15) is 4.31 Å². The molecule has 0 saturated heterocycles. The molecule has 1 unspecified atom stereocenters. The molecule has 1 atom stereocenters. The second kappa shape index (κ2) is 8.07. The maximum atomic E-state index is 12.7. The standard InChI is InChI=1S/C21H24N6O3S2/c1-3-25(4-2)32(29,30)16-9-7-15(8-10-16)27-12-17(23-24-27)20(28)19-21(14-5-6-14)31-18-11-22-13-26(18)19/h7-14,20,28H,3-6H2,1-2H3. The molecule has 11 heteroatoms. The van der Waals surface area contributed by atoms with Crippen LogP contribution in [0.25, 0.3) is 10.5 Å². The number of nitrogens with zero attached hydrogens (tertiary/aromatic N) is 6. The maximum absolute atomic E-state index is 12.7. The van der Waals surface area contributed by atoms with Crippen molar-refractivity contribution >= 4 is 26.2 Å². The molecule has 1 aliphatic carbocycles. The van der Waals surface area contributed by atoms with Crippen molar-refractivity contribution in [1.29, 1.82) is 0 Å². The van der Waals surface area contributed by atoms with Gasteiger partial charge in [0.25, 0.3) is 0 Å². The number of sulfonamides is 1. The smallest absolute Gasteiger partial charge is 0.243 e. The van der Waals surface area contributed by atoms with E-state index in [1.54, 1.807) is 59.0 Å². The molecule has 1 saturated carbocycles. The number of rotatable bonds is 8. The van der Waals surface area contributed by atoms with Crippen LogP contribution >= 0.6 is 11.3 Å². The van der Waals surface area contributed by atoms with Gasteiger partial charge in [0.05, 0.1) is 28.7 Å². The lowest BCUT2D eigenvalue weighted by molar-refractivity contribution is 0.208. The number of hydrogen-bond acceptors (Lipinski definition) is 7. The van der Waals surface area contributed by atoms with E-state index in [0.717, 1.165) is 23.4 Å². The zero-order chi connectivity index (χ0) is 22.5. The third-order valence-corrected chi connectivity index (χ3v) is 9.11. The molecule has 5 rings (SSSR count). The summed E-state index contributed by atoms with van der Waals surface area (Å²) in [6.45, 7) is 4.47. The Morgan fingerprint density at radius 3 is 2.59 bits per heavy atom. The lowest BCUT2D eigenvalue weighted by atomic mass is 10.1. The van der Waals surface area contributed by atoms with Gasteiger partial charge in [-0.05, 0) is 43.0 Å². The van der Waals surface area contributed by atoms with E-state index < -0.39 is 16.1 Å². The van der Waals surface area contributed by atoms with E-state index >= 15 is 0 Å². The highest BCUT2D eigenvalue weighted by atomic mass is 32.2. The molecule has 4 aromatic rings. The van der Waals surface area contributed by atoms with Crippen molar-refractivity contribution in [3.63, 3.8) is 0 Å². The van der Waals surface area contributed by atoms with Crippen molar-refractivity contribution in [3.8, 4) is 5.69 Å². The van der Waals surface area contributed by atoms with E-state index in [1.165, 1.54) is 9.18 Å². The van der Waals surface area contributed by atoms with Crippen molar-refractivity contribution in [2.45, 2.75) is 43.6 Å². The Morgan fingerprint density at radius 1 is 1.22 bits per heavy atom. The van der Waals surface area contributed by atoms with E-state index in [9.17, 15) is 13.5 Å². The Hall–Kier alpha value is -2.60. The SMILES string of the molecule is CCN(CC)S(=O)(=O)c1ccc(-n2cc(C(O)c3c(C4CC4)sc4cncn34)nn2)cc1. The van der Waals surface area contributed by atoms with E-state index in [4.69, 9.17) is 0 Å². The van der Waals surface area contributed by atoms with Crippen LogP contribution in [-0.4, -0.2) is 55.3 Å². The molecule has 32 heavy (non-hydrogen) atoms. The topological polar surface area (TPSA) is 106 Å². The molecule has 3 heterocycles. The number of thiazole rings is 1. The summed E-state index contributed by atoms with van der Waals surface area (Å²) in [5, 5.41) is 19.5. The highest BCUT2D eigenvalue weighted by Crippen LogP contribution is 2.47. The highest BCUT2D eigenvalue weighted by molar-refractivity contribution is 7.89. The third-order valence-electron chi connectivity index (χ3n) is 5.77. The van der Waals surface area contributed by atoms with Gasteiger partial charge in [-0.25, -0.2) is 18.1 Å². The molecule has 3 aromatic heterocycles. The molecule has 0 spiro atoms. The molecule has 1 aromatic carbocycles. The summed E-state index contributed by atoms with van der Waals surface area (Å²) in [6, 6.07) is 6.52. The summed E-state index contributed by atoms with van der Waals surface area (Å²) in [6.07, 6.45) is 6.53. The molecular formula is C21H24N6O3S2. The third kappa shape index (κ3) is 3.54. The zero-order valence-corrected chi connectivity index (χ0v) is 19.4. The van der Waals surface area contributed by atoms with Crippen LogP contribution in [0.4, 0.5) is 0 Å². The van der Waals surface area contributed by atoms with Crippen LogP contribution in [0.15, 0.2) is 47.9 Å². The van der Waals surface area contributed by atoms with E-state index in [0.29, 0.717) is 30.4 Å². The molecular weight excluding hydrogens is 448 g/mol. The Balaban J connectivity index is 1.43. The number of aliphatic hydroxyl groups excluding tert-OH is 1. The van der Waals surface area contributed by atoms with Crippen LogP contribution in [0.1, 0.15) is 55.0 Å². The first-order valence-corrected chi connectivity index (χ1v) is 12.8. The summed E-state index contributed by atoms with van der Waals surface area (Å²) in [5.41, 5.74) is 1.90. The first kappa shape index (κ1) is 21.3. The molecule has 1 fully saturated rings. The molecule has 1 aliphatic rings. The normalized spacial score (nSPS) is 15.6. The number of aliphatic hydroxyl groups is 1. The van der Waals surface area contributed by atoms with Crippen molar-refractivity contribution in [2.75, 3.05) is 13.1 Å². The summed E-state index contributed by atoms with van der Waals surface area (Å²) < 4.78 is 30.3. The van der Waals surface area contributed by atoms with Gasteiger partial charge in [0, 0.05) is 18.0 Å². The van der Waals surface area contributed by atoms with Crippen LogP contribution < -0.4 is 0 Å². The Kier molecular flexibility index (Phi) is 5.36. The lowest BCUT2D eigenvalue weighted by Crippen LogP contribution is -2.30. The minimum atomic E-state index is -3.52. The predicted octanol–water partition coefficient (Wildman–Crippen LogP) is 2.97. The number of aromatic nitrogens is 5. The van der Waals surface area contributed by atoms with Crippen LogP contribution in [0.3, 0.4) is 0 Å². The van der Waals surface area contributed by atoms with Gasteiger partial charge in [0.1, 0.15) is 23.0 Å². The second-order valence-electron chi connectivity index (χ2n) is 7.80. The van der Waals surface area contributed by atoms with Gasteiger partial charge >= 0.3 is 0 Å². The molecule has 0 aliphatic heterocycles.